The maximum atomic E-state index is 12.8. The molecule has 222 valence electrons. The van der Waals surface area contributed by atoms with Crippen molar-refractivity contribution in [3.05, 3.63) is 77.6 Å². The van der Waals surface area contributed by atoms with Gasteiger partial charge in [-0.1, -0.05) is 0 Å². The van der Waals surface area contributed by atoms with E-state index in [2.05, 4.69) is 20.0 Å². The second-order valence-electron chi connectivity index (χ2n) is 10.5. The second-order valence-corrected chi connectivity index (χ2v) is 10.5. The number of benzene rings is 3. The highest BCUT2D eigenvalue weighted by Crippen LogP contribution is 2.36. The number of oxazole rings is 1. The van der Waals surface area contributed by atoms with E-state index in [0.717, 1.165) is 29.1 Å². The number of hydrogen-bond donors (Lipinski definition) is 1. The summed E-state index contributed by atoms with van der Waals surface area (Å²) in [5.41, 5.74) is 4.01. The molecule has 9 nitrogen and oxygen atoms in total. The van der Waals surface area contributed by atoms with Gasteiger partial charge in [0.2, 0.25) is 11.8 Å². The van der Waals surface area contributed by atoms with Gasteiger partial charge in [-0.15, -0.1) is 0 Å². The minimum atomic E-state index is -4.35. The van der Waals surface area contributed by atoms with Crippen molar-refractivity contribution in [2.75, 3.05) is 74.1 Å². The van der Waals surface area contributed by atoms with Gasteiger partial charge >= 0.3 is 6.18 Å². The van der Waals surface area contributed by atoms with E-state index in [9.17, 15) is 18.0 Å². The van der Waals surface area contributed by atoms with Crippen LogP contribution in [0.5, 0.6) is 0 Å². The number of ether oxygens (including phenoxy) is 1. The molecular weight excluding hydrogens is 561 g/mol. The molecule has 0 radical (unpaired) electrons. The van der Waals surface area contributed by atoms with Crippen LogP contribution in [0.1, 0.15) is 5.56 Å². The van der Waals surface area contributed by atoms with E-state index >= 15 is 0 Å². The molecule has 6 rings (SSSR count). The van der Waals surface area contributed by atoms with E-state index in [4.69, 9.17) is 15.7 Å². The Bertz CT molecular complexity index is 1630. The van der Waals surface area contributed by atoms with E-state index in [1.54, 1.807) is 18.2 Å². The lowest BCUT2D eigenvalue weighted by molar-refractivity contribution is -0.137. The minimum Gasteiger partial charge on any atom is -0.434 e. The Labute approximate surface area is 246 Å². The lowest BCUT2D eigenvalue weighted by Gasteiger charge is -2.35. The van der Waals surface area contributed by atoms with Gasteiger partial charge in [0.1, 0.15) is 5.52 Å². The predicted molar refractivity (Wildman–Crippen MR) is 157 cm³/mol. The molecule has 3 aromatic carbocycles. The third-order valence-corrected chi connectivity index (χ3v) is 7.65. The molecule has 0 atom stereocenters. The number of aromatic nitrogens is 1. The Hall–Kier alpha value is -4.60. The van der Waals surface area contributed by atoms with Crippen molar-refractivity contribution in [2.24, 2.45) is 0 Å². The number of morpholine rings is 1. The normalized spacial score (nSPS) is 16.3. The van der Waals surface area contributed by atoms with Crippen LogP contribution in [0.15, 0.2) is 65.1 Å². The quantitative estimate of drug-likeness (QED) is 0.291. The lowest BCUT2D eigenvalue weighted by Crippen LogP contribution is -2.48. The third-order valence-electron chi connectivity index (χ3n) is 7.65. The number of anilines is 3. The Kier molecular flexibility index (Phi) is 7.92. The van der Waals surface area contributed by atoms with E-state index in [0.29, 0.717) is 80.8 Å². The zero-order chi connectivity index (χ0) is 30.0. The summed E-state index contributed by atoms with van der Waals surface area (Å²) in [4.78, 5) is 27.2. The highest BCUT2D eigenvalue weighted by atomic mass is 19.4. The molecule has 1 aromatic heterocycles. The Balaban J connectivity index is 1.05. The van der Waals surface area contributed by atoms with Gasteiger partial charge in [0.05, 0.1) is 37.6 Å². The van der Waals surface area contributed by atoms with Crippen molar-refractivity contribution < 1.29 is 27.1 Å². The van der Waals surface area contributed by atoms with Crippen LogP contribution >= 0.6 is 0 Å². The van der Waals surface area contributed by atoms with Gasteiger partial charge < -0.3 is 24.3 Å². The number of carbonyl (C=O) groups excluding carboxylic acids is 1. The van der Waals surface area contributed by atoms with Gasteiger partial charge in [0.15, 0.2) is 11.3 Å². The largest absolute Gasteiger partial charge is 0.434 e. The molecule has 0 bridgehead atoms. The fraction of sp³-hybridized carbons (Fsp3) is 0.323. The maximum Gasteiger partial charge on any atom is 0.416 e. The molecule has 3 heterocycles. The first-order valence-electron chi connectivity index (χ1n) is 14.0. The molecule has 0 aliphatic carbocycles. The van der Waals surface area contributed by atoms with E-state index < -0.39 is 11.7 Å². The Morgan fingerprint density at radius 2 is 1.63 bits per heavy atom. The average molecular weight is 591 g/mol. The summed E-state index contributed by atoms with van der Waals surface area (Å²) in [6, 6.07) is 15.9. The minimum absolute atomic E-state index is 0.153. The fourth-order valence-corrected chi connectivity index (χ4v) is 5.35. The molecule has 0 spiro atoms. The van der Waals surface area contributed by atoms with Crippen molar-refractivity contribution in [3.8, 4) is 11.5 Å². The summed E-state index contributed by atoms with van der Waals surface area (Å²) in [5.74, 6) is 0.273. The summed E-state index contributed by atoms with van der Waals surface area (Å²) < 4.78 is 50.2. The van der Waals surface area contributed by atoms with E-state index in [1.807, 2.05) is 28.0 Å². The van der Waals surface area contributed by atoms with Crippen LogP contribution in [0.3, 0.4) is 0 Å². The highest BCUT2D eigenvalue weighted by molar-refractivity contribution is 5.93. The number of halogens is 3. The SMILES string of the molecule is [C-]#[N+]c1cc(N2CCOCC2)c2oc(-c3ccc(NC(=O)CN4CCN(c5ccc(C(F)(F)F)cc5)CC4)cc3)nc2c1. The van der Waals surface area contributed by atoms with Crippen LogP contribution < -0.4 is 15.1 Å². The van der Waals surface area contributed by atoms with E-state index in [-0.39, 0.29) is 12.5 Å². The molecule has 0 saturated carbocycles. The van der Waals surface area contributed by atoms with Crippen LogP contribution in [0.25, 0.3) is 27.4 Å². The maximum absolute atomic E-state index is 12.8. The van der Waals surface area contributed by atoms with Crippen molar-refractivity contribution in [2.45, 2.75) is 6.18 Å². The molecule has 0 unspecified atom stereocenters. The zero-order valence-electron chi connectivity index (χ0n) is 23.2. The summed E-state index contributed by atoms with van der Waals surface area (Å²) in [6.07, 6.45) is -4.35. The molecule has 2 aliphatic rings. The number of alkyl halides is 3. The smallest absolute Gasteiger partial charge is 0.416 e. The number of fused-ring (bicyclic) bond motifs is 1. The second kappa shape index (κ2) is 11.9. The topological polar surface area (TPSA) is 78.4 Å². The Morgan fingerprint density at radius 1 is 0.930 bits per heavy atom. The van der Waals surface area contributed by atoms with Gasteiger partial charge in [-0.2, -0.15) is 13.2 Å². The van der Waals surface area contributed by atoms with Gasteiger partial charge in [-0.05, 0) is 60.7 Å². The highest BCUT2D eigenvalue weighted by Gasteiger charge is 2.30. The van der Waals surface area contributed by atoms with Crippen molar-refractivity contribution in [1.82, 2.24) is 9.88 Å². The third kappa shape index (κ3) is 6.43. The van der Waals surface area contributed by atoms with Crippen molar-refractivity contribution in [1.29, 1.82) is 0 Å². The number of hydrogen-bond acceptors (Lipinski definition) is 7. The molecule has 12 heteroatoms. The molecule has 2 aliphatic heterocycles. The number of rotatable bonds is 6. The molecule has 2 fully saturated rings. The van der Waals surface area contributed by atoms with Gasteiger partial charge in [0, 0.05) is 56.2 Å². The van der Waals surface area contributed by atoms with Crippen LogP contribution in [0.2, 0.25) is 0 Å². The van der Waals surface area contributed by atoms with Crippen molar-refractivity contribution >= 4 is 39.8 Å². The monoisotopic (exact) mass is 590 g/mol. The molecule has 2 saturated heterocycles. The number of nitrogens with zero attached hydrogens (tertiary/aromatic N) is 5. The zero-order valence-corrected chi connectivity index (χ0v) is 23.2. The number of carbonyl (C=O) groups is 1. The van der Waals surface area contributed by atoms with Gasteiger partial charge in [-0.25, -0.2) is 9.83 Å². The standard InChI is InChI=1S/C31H29F3N6O3/c1-35-24-18-26-29(27(19-24)40-14-16-42-17-15-40)43-30(37-26)21-2-6-23(7-3-21)36-28(41)20-38-10-12-39(13-11-38)25-8-4-22(5-9-25)31(32,33)34/h2-9,18-19H,10-17,20H2,(H,36,41). The summed E-state index contributed by atoms with van der Waals surface area (Å²) in [7, 11) is 0. The van der Waals surface area contributed by atoms with Crippen LogP contribution in [0.4, 0.5) is 35.9 Å². The van der Waals surface area contributed by atoms with Gasteiger partial charge in [-0.3, -0.25) is 9.69 Å². The predicted octanol–water partition coefficient (Wildman–Crippen LogP) is 5.66. The van der Waals surface area contributed by atoms with Gasteiger partial charge in [0.25, 0.3) is 0 Å². The molecule has 43 heavy (non-hydrogen) atoms. The summed E-state index contributed by atoms with van der Waals surface area (Å²) >= 11 is 0. The Morgan fingerprint density at radius 3 is 2.28 bits per heavy atom. The fourth-order valence-electron chi connectivity index (χ4n) is 5.35. The first kappa shape index (κ1) is 28.5. The lowest BCUT2D eigenvalue weighted by atomic mass is 10.1. The summed E-state index contributed by atoms with van der Waals surface area (Å²) in [5, 5.41) is 2.92. The number of nitrogens with one attached hydrogen (secondary N) is 1. The number of piperazine rings is 1. The first-order valence-corrected chi connectivity index (χ1v) is 14.0. The molecule has 1 amide bonds. The first-order chi connectivity index (χ1) is 20.8. The van der Waals surface area contributed by atoms with E-state index in [1.165, 1.54) is 12.1 Å². The van der Waals surface area contributed by atoms with Crippen LogP contribution in [0, 0.1) is 6.57 Å². The molecular formula is C31H29F3N6O3. The van der Waals surface area contributed by atoms with Crippen molar-refractivity contribution in [3.63, 3.8) is 0 Å². The molecule has 1 N–H and O–H groups in total. The average Bonchev–Trinajstić information content (AvgIpc) is 3.45. The summed E-state index contributed by atoms with van der Waals surface area (Å²) in [6.45, 7) is 12.8. The van der Waals surface area contributed by atoms with Crippen LogP contribution in [-0.2, 0) is 15.7 Å². The number of amides is 1. The van der Waals surface area contributed by atoms with Crippen LogP contribution in [-0.4, -0.2) is 74.8 Å². The molecule has 4 aromatic rings.